The molecule has 0 aliphatic heterocycles. The number of likely N-dealkylation sites (N-methyl/N-ethyl adjacent to an activating group) is 1. The fourth-order valence-electron chi connectivity index (χ4n) is 2.80. The van der Waals surface area contributed by atoms with Gasteiger partial charge in [0, 0.05) is 20.3 Å². The molecule has 0 bridgehead atoms. The van der Waals surface area contributed by atoms with Gasteiger partial charge >= 0.3 is 15.6 Å². The van der Waals surface area contributed by atoms with Gasteiger partial charge in [-0.05, 0) is 45.1 Å². The van der Waals surface area contributed by atoms with E-state index < -0.39 is 21.7 Å². The van der Waals surface area contributed by atoms with Gasteiger partial charge < -0.3 is 10.2 Å². The highest BCUT2D eigenvalue weighted by molar-refractivity contribution is 7.48. The second-order valence-corrected chi connectivity index (χ2v) is 10.0. The third-order valence-electron chi connectivity index (χ3n) is 4.23. The molecule has 1 rings (SSSR count). The van der Waals surface area contributed by atoms with Gasteiger partial charge in [0.05, 0.1) is 18.8 Å². The van der Waals surface area contributed by atoms with Crippen molar-refractivity contribution in [1.29, 1.82) is 0 Å². The van der Waals surface area contributed by atoms with Gasteiger partial charge in [0.2, 0.25) is 0 Å². The van der Waals surface area contributed by atoms with Gasteiger partial charge in [-0.3, -0.25) is 22.6 Å². The number of phosphoric acid groups is 2. The molecule has 9 nitrogen and oxygen atoms in total. The Morgan fingerprint density at radius 2 is 1.58 bits per heavy atom. The van der Waals surface area contributed by atoms with E-state index in [1.807, 2.05) is 7.05 Å². The van der Waals surface area contributed by atoms with Crippen LogP contribution in [0.15, 0.2) is 0 Å². The summed E-state index contributed by atoms with van der Waals surface area (Å²) < 4.78 is 49.7. The third kappa shape index (κ3) is 8.91. The molecular weight excluding hydrogens is 384 g/mol. The molecule has 1 fully saturated rings. The van der Waals surface area contributed by atoms with Crippen molar-refractivity contribution in [1.82, 2.24) is 5.32 Å². The standard InChI is InChI=1S/C15H33NO8P2/c1-12(2)10-13(16-3)11-22-26(19,21-5)24-15-8-6-14(7-9-15)23-25(17,18)20-4/h12-16H,6-11H2,1-5H3,(H,17,18). The second-order valence-electron chi connectivity index (χ2n) is 6.80. The highest BCUT2D eigenvalue weighted by Crippen LogP contribution is 2.52. The molecular formula is C15H33NO8P2. The van der Waals surface area contributed by atoms with Gasteiger partial charge in [-0.1, -0.05) is 13.8 Å². The molecule has 156 valence electrons. The smallest absolute Gasteiger partial charge is 0.315 e. The molecule has 0 saturated heterocycles. The molecule has 0 aromatic rings. The molecule has 1 saturated carbocycles. The van der Waals surface area contributed by atoms with Crippen molar-refractivity contribution in [3.8, 4) is 0 Å². The highest BCUT2D eigenvalue weighted by atomic mass is 31.2. The van der Waals surface area contributed by atoms with Crippen LogP contribution in [0, 0.1) is 5.92 Å². The Kier molecular flexibility index (Phi) is 10.5. The predicted octanol–water partition coefficient (Wildman–Crippen LogP) is 3.48. The first-order chi connectivity index (χ1) is 12.1. The summed E-state index contributed by atoms with van der Waals surface area (Å²) in [5.41, 5.74) is 0. The maximum absolute atomic E-state index is 12.7. The van der Waals surface area contributed by atoms with Crippen LogP contribution in [0.5, 0.6) is 0 Å². The summed E-state index contributed by atoms with van der Waals surface area (Å²) >= 11 is 0. The summed E-state index contributed by atoms with van der Waals surface area (Å²) in [7, 11) is -3.40. The van der Waals surface area contributed by atoms with E-state index in [0.29, 0.717) is 31.6 Å². The summed E-state index contributed by atoms with van der Waals surface area (Å²) in [6.07, 6.45) is 2.19. The van der Waals surface area contributed by atoms with Gasteiger partial charge in [0.25, 0.3) is 0 Å². The zero-order valence-electron chi connectivity index (χ0n) is 16.3. The summed E-state index contributed by atoms with van der Waals surface area (Å²) in [5.74, 6) is 0.476. The lowest BCUT2D eigenvalue weighted by Gasteiger charge is -2.30. The number of hydrogen-bond donors (Lipinski definition) is 2. The SMILES string of the molecule is CNC(COP(=O)(OC)OC1CCC(OP(=O)(O)OC)CC1)CC(C)C. The minimum Gasteiger partial charge on any atom is -0.315 e. The van der Waals surface area contributed by atoms with Crippen molar-refractivity contribution < 1.29 is 36.6 Å². The van der Waals surface area contributed by atoms with Crippen LogP contribution in [-0.4, -0.2) is 51.0 Å². The Labute approximate surface area is 156 Å². The first-order valence-electron chi connectivity index (χ1n) is 8.86. The van der Waals surface area contributed by atoms with Gasteiger partial charge in [0.15, 0.2) is 0 Å². The van der Waals surface area contributed by atoms with Crippen LogP contribution in [0.2, 0.25) is 0 Å². The quantitative estimate of drug-likeness (QED) is 0.461. The molecule has 3 atom stereocenters. The molecule has 3 unspecified atom stereocenters. The number of nitrogens with one attached hydrogen (secondary N) is 1. The van der Waals surface area contributed by atoms with Crippen molar-refractivity contribution in [2.75, 3.05) is 27.9 Å². The lowest BCUT2D eigenvalue weighted by molar-refractivity contribution is 0.0282. The topological polar surface area (TPSA) is 113 Å². The van der Waals surface area contributed by atoms with E-state index in [9.17, 15) is 14.0 Å². The summed E-state index contributed by atoms with van der Waals surface area (Å²) in [6, 6.07) is 0.0546. The molecule has 2 N–H and O–H groups in total. The van der Waals surface area contributed by atoms with Crippen LogP contribution >= 0.6 is 15.6 Å². The third-order valence-corrected chi connectivity index (χ3v) is 6.73. The van der Waals surface area contributed by atoms with E-state index in [2.05, 4.69) is 23.7 Å². The normalized spacial score (nSPS) is 27.0. The monoisotopic (exact) mass is 417 g/mol. The van der Waals surface area contributed by atoms with E-state index in [1.165, 1.54) is 7.11 Å². The van der Waals surface area contributed by atoms with Crippen LogP contribution in [0.1, 0.15) is 46.0 Å². The van der Waals surface area contributed by atoms with Crippen molar-refractivity contribution in [2.24, 2.45) is 5.92 Å². The maximum atomic E-state index is 12.7. The summed E-state index contributed by atoms with van der Waals surface area (Å²) in [4.78, 5) is 9.36. The van der Waals surface area contributed by atoms with Crippen LogP contribution in [0.4, 0.5) is 0 Å². The lowest BCUT2D eigenvalue weighted by atomic mass is 9.95. The molecule has 1 aliphatic carbocycles. The fraction of sp³-hybridized carbons (Fsp3) is 1.00. The zero-order chi connectivity index (χ0) is 19.8. The summed E-state index contributed by atoms with van der Waals surface area (Å²) in [6.45, 7) is 4.43. The van der Waals surface area contributed by atoms with Crippen molar-refractivity contribution in [3.05, 3.63) is 0 Å². The Hall–Kier alpha value is 0.180. The van der Waals surface area contributed by atoms with Gasteiger partial charge in [0.1, 0.15) is 0 Å². The molecule has 0 amide bonds. The van der Waals surface area contributed by atoms with Crippen molar-refractivity contribution in [3.63, 3.8) is 0 Å². The van der Waals surface area contributed by atoms with Crippen LogP contribution in [0.25, 0.3) is 0 Å². The molecule has 1 aliphatic rings. The minimum atomic E-state index is -4.00. The number of phosphoric ester groups is 2. The average molecular weight is 417 g/mol. The number of rotatable bonds is 12. The molecule has 0 radical (unpaired) electrons. The highest BCUT2D eigenvalue weighted by Gasteiger charge is 2.35. The second kappa shape index (κ2) is 11.2. The van der Waals surface area contributed by atoms with E-state index in [4.69, 9.17) is 18.1 Å². The van der Waals surface area contributed by atoms with Gasteiger partial charge in [-0.25, -0.2) is 9.13 Å². The molecule has 0 aromatic carbocycles. The van der Waals surface area contributed by atoms with Gasteiger partial charge in [-0.15, -0.1) is 0 Å². The van der Waals surface area contributed by atoms with E-state index in [0.717, 1.165) is 13.5 Å². The number of hydrogen-bond acceptors (Lipinski definition) is 8. The molecule has 11 heteroatoms. The zero-order valence-corrected chi connectivity index (χ0v) is 18.0. The van der Waals surface area contributed by atoms with E-state index >= 15 is 0 Å². The van der Waals surface area contributed by atoms with Gasteiger partial charge in [-0.2, -0.15) is 0 Å². The molecule has 0 heterocycles. The lowest BCUT2D eigenvalue weighted by Crippen LogP contribution is -2.32. The molecule has 0 spiro atoms. The van der Waals surface area contributed by atoms with E-state index in [1.54, 1.807) is 0 Å². The first kappa shape index (κ1) is 24.2. The maximum Gasteiger partial charge on any atom is 0.474 e. The van der Waals surface area contributed by atoms with Crippen LogP contribution in [0.3, 0.4) is 0 Å². The molecule has 26 heavy (non-hydrogen) atoms. The van der Waals surface area contributed by atoms with Crippen LogP contribution in [-0.2, 0) is 31.7 Å². The first-order valence-corrected chi connectivity index (χ1v) is 11.8. The van der Waals surface area contributed by atoms with Crippen molar-refractivity contribution >= 4 is 15.6 Å². The summed E-state index contributed by atoms with van der Waals surface area (Å²) in [5, 5.41) is 3.13. The average Bonchev–Trinajstić information content (AvgIpc) is 2.60. The Morgan fingerprint density at radius 3 is 2.00 bits per heavy atom. The van der Waals surface area contributed by atoms with E-state index in [-0.39, 0.29) is 18.8 Å². The molecule has 0 aromatic heterocycles. The Balaban J connectivity index is 2.47. The fourth-order valence-corrected chi connectivity index (χ4v) is 4.67. The minimum absolute atomic E-state index is 0.0546. The van der Waals surface area contributed by atoms with Crippen LogP contribution < -0.4 is 5.32 Å². The van der Waals surface area contributed by atoms with Crippen molar-refractivity contribution in [2.45, 2.75) is 64.2 Å². The Morgan fingerprint density at radius 1 is 1.04 bits per heavy atom. The largest absolute Gasteiger partial charge is 0.474 e. The predicted molar refractivity (Wildman–Crippen MR) is 97.9 cm³/mol. The Bertz CT molecular complexity index is 496.